The van der Waals surface area contributed by atoms with E-state index in [-0.39, 0.29) is 0 Å². The van der Waals surface area contributed by atoms with E-state index < -0.39 is 0 Å². The molecule has 4 aromatic rings. The zero-order valence-corrected chi connectivity index (χ0v) is 14.3. The van der Waals surface area contributed by atoms with Crippen LogP contribution in [0.1, 0.15) is 5.56 Å². The van der Waals surface area contributed by atoms with Crippen LogP contribution in [0.3, 0.4) is 0 Å². The van der Waals surface area contributed by atoms with Crippen molar-refractivity contribution in [3.8, 4) is 11.4 Å². The molecule has 1 N–H and O–H groups in total. The van der Waals surface area contributed by atoms with E-state index in [1.807, 2.05) is 53.2 Å². The van der Waals surface area contributed by atoms with Gasteiger partial charge >= 0.3 is 0 Å². The Morgan fingerprint density at radius 1 is 1.04 bits per heavy atom. The highest BCUT2D eigenvalue weighted by atomic mass is 35.5. The van der Waals surface area contributed by atoms with Gasteiger partial charge in [-0.1, -0.05) is 23.7 Å². The number of nitrogens with zero attached hydrogens (tertiary/aromatic N) is 4. The molecule has 0 atom stereocenters. The summed E-state index contributed by atoms with van der Waals surface area (Å²) in [6.45, 7) is 0.788. The molecule has 24 heavy (non-hydrogen) atoms. The molecule has 0 bridgehead atoms. The van der Waals surface area contributed by atoms with E-state index in [1.165, 1.54) is 5.56 Å². The highest BCUT2D eigenvalue weighted by Gasteiger charge is 2.10. The lowest BCUT2D eigenvalue weighted by Crippen LogP contribution is -2.08. The fraction of sp³-hybridized carbons (Fsp3) is 0.118. The summed E-state index contributed by atoms with van der Waals surface area (Å²) in [6, 6.07) is 13.7. The van der Waals surface area contributed by atoms with Gasteiger partial charge in [-0.3, -0.25) is 0 Å². The second-order valence-corrected chi connectivity index (χ2v) is 6.54. The lowest BCUT2D eigenvalue weighted by atomic mass is 10.1. The molecule has 0 aliphatic heterocycles. The van der Waals surface area contributed by atoms with E-state index in [1.54, 1.807) is 15.9 Å². The molecule has 0 amide bonds. The average molecular weight is 356 g/mol. The van der Waals surface area contributed by atoms with Crippen LogP contribution in [0.25, 0.3) is 17.0 Å². The standard InChI is InChI=1S/C17H14ClN5S/c18-14-3-1-12(2-4-14)7-9-19-15-5-6-16-20-21-17(23(16)22-15)13-8-10-24-11-13/h1-6,8,10-11H,7,9H2,(H,19,22). The summed E-state index contributed by atoms with van der Waals surface area (Å²) in [6.07, 6.45) is 0.899. The van der Waals surface area contributed by atoms with Gasteiger partial charge in [0.15, 0.2) is 11.5 Å². The number of nitrogens with one attached hydrogen (secondary N) is 1. The fourth-order valence-electron chi connectivity index (χ4n) is 2.44. The van der Waals surface area contributed by atoms with Crippen molar-refractivity contribution in [2.24, 2.45) is 0 Å². The molecule has 0 unspecified atom stereocenters. The van der Waals surface area contributed by atoms with Crippen LogP contribution in [0.2, 0.25) is 5.02 Å². The topological polar surface area (TPSA) is 55.1 Å². The van der Waals surface area contributed by atoms with Crippen molar-refractivity contribution in [1.82, 2.24) is 19.8 Å². The number of halogens is 1. The summed E-state index contributed by atoms with van der Waals surface area (Å²) in [5, 5.41) is 21.2. The monoisotopic (exact) mass is 355 g/mol. The van der Waals surface area contributed by atoms with Gasteiger partial charge in [0.2, 0.25) is 0 Å². The molecule has 3 aromatic heterocycles. The van der Waals surface area contributed by atoms with E-state index in [0.717, 1.165) is 40.8 Å². The van der Waals surface area contributed by atoms with Crippen LogP contribution in [0, 0.1) is 0 Å². The minimum atomic E-state index is 0.736. The predicted molar refractivity (Wildman–Crippen MR) is 97.7 cm³/mol. The van der Waals surface area contributed by atoms with E-state index >= 15 is 0 Å². The first-order chi connectivity index (χ1) is 11.8. The molecule has 3 heterocycles. The second-order valence-electron chi connectivity index (χ2n) is 5.33. The van der Waals surface area contributed by atoms with Gasteiger partial charge in [0.1, 0.15) is 5.82 Å². The third-order valence-corrected chi connectivity index (χ3v) is 4.61. The maximum absolute atomic E-state index is 5.90. The molecule has 0 saturated heterocycles. The van der Waals surface area contributed by atoms with Crippen LogP contribution >= 0.6 is 22.9 Å². The van der Waals surface area contributed by atoms with Crippen LogP contribution in [0.5, 0.6) is 0 Å². The first-order valence-corrected chi connectivity index (χ1v) is 8.85. The molecule has 1 aromatic carbocycles. The van der Waals surface area contributed by atoms with Crippen molar-refractivity contribution in [3.63, 3.8) is 0 Å². The highest BCUT2D eigenvalue weighted by molar-refractivity contribution is 7.08. The van der Waals surface area contributed by atoms with Crippen LogP contribution in [-0.4, -0.2) is 26.4 Å². The van der Waals surface area contributed by atoms with E-state index in [0.29, 0.717) is 0 Å². The Kier molecular flexibility index (Phi) is 4.15. The Morgan fingerprint density at radius 2 is 1.92 bits per heavy atom. The van der Waals surface area contributed by atoms with Gasteiger partial charge in [-0.15, -0.1) is 15.3 Å². The maximum Gasteiger partial charge on any atom is 0.186 e. The second kappa shape index (κ2) is 6.59. The van der Waals surface area contributed by atoms with Crippen molar-refractivity contribution < 1.29 is 0 Å². The molecule has 0 radical (unpaired) electrons. The summed E-state index contributed by atoms with van der Waals surface area (Å²) in [4.78, 5) is 0. The number of rotatable bonds is 5. The molecular weight excluding hydrogens is 342 g/mol. The largest absolute Gasteiger partial charge is 0.368 e. The van der Waals surface area contributed by atoms with Gasteiger partial charge in [-0.25, -0.2) is 0 Å². The Balaban J connectivity index is 1.50. The molecular formula is C17H14ClN5S. The van der Waals surface area contributed by atoms with Crippen LogP contribution in [0.4, 0.5) is 5.82 Å². The predicted octanol–water partition coefficient (Wildman–Crippen LogP) is 4.16. The fourth-order valence-corrected chi connectivity index (χ4v) is 3.20. The molecule has 0 fully saturated rings. The smallest absolute Gasteiger partial charge is 0.186 e. The Morgan fingerprint density at radius 3 is 2.71 bits per heavy atom. The van der Waals surface area contributed by atoms with Gasteiger partial charge in [0.05, 0.1) is 0 Å². The number of benzene rings is 1. The lowest BCUT2D eigenvalue weighted by molar-refractivity contribution is 0.916. The Hall–Kier alpha value is -2.44. The first kappa shape index (κ1) is 15.1. The van der Waals surface area contributed by atoms with Gasteiger partial charge in [0.25, 0.3) is 0 Å². The molecule has 0 saturated carbocycles. The number of thiophene rings is 1. The van der Waals surface area contributed by atoms with E-state index in [4.69, 9.17) is 11.6 Å². The molecule has 0 aliphatic carbocycles. The Bertz CT molecular complexity index is 947. The Labute approximate surface area is 147 Å². The van der Waals surface area contributed by atoms with Crippen LogP contribution in [-0.2, 0) is 6.42 Å². The third kappa shape index (κ3) is 3.11. The molecule has 0 spiro atoms. The minimum absolute atomic E-state index is 0.736. The van der Waals surface area contributed by atoms with E-state index in [2.05, 4.69) is 20.6 Å². The van der Waals surface area contributed by atoms with Crippen molar-refractivity contribution in [1.29, 1.82) is 0 Å². The highest BCUT2D eigenvalue weighted by Crippen LogP contribution is 2.20. The average Bonchev–Trinajstić information content (AvgIpc) is 3.25. The van der Waals surface area contributed by atoms with Crippen molar-refractivity contribution in [3.05, 3.63) is 63.8 Å². The summed E-state index contributed by atoms with van der Waals surface area (Å²) in [7, 11) is 0. The number of anilines is 1. The number of aromatic nitrogens is 4. The first-order valence-electron chi connectivity index (χ1n) is 7.53. The molecule has 5 nitrogen and oxygen atoms in total. The molecule has 120 valence electrons. The zero-order valence-electron chi connectivity index (χ0n) is 12.7. The molecule has 0 aliphatic rings. The van der Waals surface area contributed by atoms with Crippen molar-refractivity contribution in [2.45, 2.75) is 6.42 Å². The summed E-state index contributed by atoms with van der Waals surface area (Å²) in [5.41, 5.74) is 2.99. The number of hydrogen-bond acceptors (Lipinski definition) is 5. The summed E-state index contributed by atoms with van der Waals surface area (Å²) in [5.74, 6) is 1.56. The minimum Gasteiger partial charge on any atom is -0.368 e. The van der Waals surface area contributed by atoms with E-state index in [9.17, 15) is 0 Å². The van der Waals surface area contributed by atoms with Crippen molar-refractivity contribution in [2.75, 3.05) is 11.9 Å². The third-order valence-electron chi connectivity index (χ3n) is 3.68. The molecule has 4 rings (SSSR count). The SMILES string of the molecule is Clc1ccc(CCNc2ccc3nnc(-c4ccsc4)n3n2)cc1. The quantitative estimate of drug-likeness (QED) is 0.584. The lowest BCUT2D eigenvalue weighted by Gasteiger charge is -2.06. The number of hydrogen-bond donors (Lipinski definition) is 1. The van der Waals surface area contributed by atoms with Crippen molar-refractivity contribution >= 4 is 34.4 Å². The van der Waals surface area contributed by atoms with Crippen LogP contribution < -0.4 is 5.32 Å². The van der Waals surface area contributed by atoms with Gasteiger partial charge < -0.3 is 5.32 Å². The summed E-state index contributed by atoms with van der Waals surface area (Å²) < 4.78 is 1.77. The summed E-state index contributed by atoms with van der Waals surface area (Å²) >= 11 is 7.53. The maximum atomic E-state index is 5.90. The molecule has 7 heteroatoms. The van der Waals surface area contributed by atoms with Gasteiger partial charge in [0, 0.05) is 22.5 Å². The van der Waals surface area contributed by atoms with Crippen LogP contribution in [0.15, 0.2) is 53.2 Å². The van der Waals surface area contributed by atoms with Gasteiger partial charge in [-0.2, -0.15) is 15.9 Å². The number of fused-ring (bicyclic) bond motifs is 1. The normalized spacial score (nSPS) is 11.0. The van der Waals surface area contributed by atoms with Gasteiger partial charge in [-0.05, 0) is 47.7 Å². The zero-order chi connectivity index (χ0) is 16.4.